The van der Waals surface area contributed by atoms with Crippen LogP contribution in [-0.2, 0) is 4.79 Å². The second kappa shape index (κ2) is 5.47. The van der Waals surface area contributed by atoms with Gasteiger partial charge in [0.05, 0.1) is 6.04 Å². The molecule has 0 saturated carbocycles. The zero-order valence-electron chi connectivity index (χ0n) is 7.75. The second-order valence-corrected chi connectivity index (χ2v) is 4.33. The van der Waals surface area contributed by atoms with Crippen molar-refractivity contribution >= 4 is 17.7 Å². The van der Waals surface area contributed by atoms with E-state index in [0.29, 0.717) is 6.54 Å². The van der Waals surface area contributed by atoms with Gasteiger partial charge in [-0.25, -0.2) is 0 Å². The van der Waals surface area contributed by atoms with Gasteiger partial charge < -0.3 is 10.4 Å². The van der Waals surface area contributed by atoms with Crippen molar-refractivity contribution in [2.75, 3.05) is 24.8 Å². The molecule has 5 heteroatoms. The normalized spacial score (nSPS) is 24.3. The first-order chi connectivity index (χ1) is 6.24. The number of carbonyl (C=O) groups excluding carboxylic acids is 1. The largest absolute Gasteiger partial charge is 0.396 e. The van der Waals surface area contributed by atoms with Gasteiger partial charge in [-0.15, -0.1) is 11.8 Å². The minimum absolute atomic E-state index is 0.0455. The fraction of sp³-hybridized carbons (Fsp3) is 0.875. The molecule has 1 aliphatic heterocycles. The molecule has 4 nitrogen and oxygen atoms in total. The maximum Gasteiger partial charge on any atom is 0.238 e. The third-order valence-corrected chi connectivity index (χ3v) is 2.91. The minimum atomic E-state index is -0.0455. The van der Waals surface area contributed by atoms with Crippen LogP contribution in [0.3, 0.4) is 0 Å². The van der Waals surface area contributed by atoms with Crippen molar-refractivity contribution in [2.45, 2.75) is 13.0 Å². The Morgan fingerprint density at radius 1 is 1.85 bits per heavy atom. The molecule has 1 rings (SSSR count). The van der Waals surface area contributed by atoms with Crippen molar-refractivity contribution < 1.29 is 9.90 Å². The fourth-order valence-electron chi connectivity index (χ4n) is 1.03. The predicted molar refractivity (Wildman–Crippen MR) is 53.5 cm³/mol. The lowest BCUT2D eigenvalue weighted by molar-refractivity contribution is -0.122. The quantitative estimate of drug-likeness (QED) is 0.572. The van der Waals surface area contributed by atoms with Crippen molar-refractivity contribution in [3.05, 3.63) is 0 Å². The summed E-state index contributed by atoms with van der Waals surface area (Å²) in [4.78, 5) is 11.4. The first kappa shape index (κ1) is 10.8. The van der Waals surface area contributed by atoms with Crippen LogP contribution >= 0.6 is 11.8 Å². The average molecular weight is 204 g/mol. The number of aliphatic hydroxyl groups is 1. The number of hydrogen-bond donors (Lipinski definition) is 3. The third kappa shape index (κ3) is 3.54. The lowest BCUT2D eigenvalue weighted by Gasteiger charge is -2.12. The number of aliphatic hydroxyl groups excluding tert-OH is 1. The summed E-state index contributed by atoms with van der Waals surface area (Å²) in [6, 6.07) is -0.0455. The monoisotopic (exact) mass is 204 g/mol. The topological polar surface area (TPSA) is 61.4 Å². The molecule has 0 bridgehead atoms. The highest BCUT2D eigenvalue weighted by atomic mass is 32.2. The molecule has 0 radical (unpaired) electrons. The fourth-order valence-corrected chi connectivity index (χ4v) is 1.97. The number of hydrogen-bond acceptors (Lipinski definition) is 4. The summed E-state index contributed by atoms with van der Waals surface area (Å²) < 4.78 is 0. The molecule has 2 atom stereocenters. The van der Waals surface area contributed by atoms with E-state index in [-0.39, 0.29) is 24.5 Å². The van der Waals surface area contributed by atoms with Gasteiger partial charge in [0.2, 0.25) is 5.91 Å². The van der Waals surface area contributed by atoms with Crippen LogP contribution < -0.4 is 10.6 Å². The van der Waals surface area contributed by atoms with Gasteiger partial charge >= 0.3 is 0 Å². The van der Waals surface area contributed by atoms with E-state index in [9.17, 15) is 4.79 Å². The third-order valence-electron chi connectivity index (χ3n) is 1.97. The Balaban J connectivity index is 2.16. The summed E-state index contributed by atoms with van der Waals surface area (Å²) in [5.74, 6) is 1.88. The van der Waals surface area contributed by atoms with Crippen LogP contribution in [0, 0.1) is 5.92 Å². The molecule has 76 valence electrons. The minimum Gasteiger partial charge on any atom is -0.396 e. The Hall–Kier alpha value is -0.260. The number of nitrogens with one attached hydrogen (secondary N) is 2. The summed E-state index contributed by atoms with van der Waals surface area (Å²) in [6.07, 6.45) is 0. The molecule has 3 N–H and O–H groups in total. The van der Waals surface area contributed by atoms with E-state index in [1.165, 1.54) is 0 Å². The van der Waals surface area contributed by atoms with Crippen LogP contribution in [0.1, 0.15) is 6.92 Å². The van der Waals surface area contributed by atoms with Gasteiger partial charge in [-0.1, -0.05) is 6.92 Å². The second-order valence-electron chi connectivity index (χ2n) is 3.30. The first-order valence-corrected chi connectivity index (χ1v) is 5.59. The van der Waals surface area contributed by atoms with Gasteiger partial charge in [0, 0.05) is 24.8 Å². The van der Waals surface area contributed by atoms with E-state index in [4.69, 9.17) is 5.11 Å². The van der Waals surface area contributed by atoms with E-state index in [1.807, 2.05) is 6.92 Å². The van der Waals surface area contributed by atoms with E-state index in [0.717, 1.165) is 11.6 Å². The molecule has 0 aromatic heterocycles. The van der Waals surface area contributed by atoms with Gasteiger partial charge in [0.25, 0.3) is 0 Å². The molecular weight excluding hydrogens is 188 g/mol. The maximum atomic E-state index is 11.4. The lowest BCUT2D eigenvalue weighted by atomic mass is 10.2. The molecule has 1 fully saturated rings. The smallest absolute Gasteiger partial charge is 0.238 e. The average Bonchev–Trinajstić information content (AvgIpc) is 2.66. The van der Waals surface area contributed by atoms with E-state index >= 15 is 0 Å². The van der Waals surface area contributed by atoms with Crippen LogP contribution in [0.4, 0.5) is 0 Å². The van der Waals surface area contributed by atoms with Gasteiger partial charge in [0.1, 0.15) is 0 Å². The van der Waals surface area contributed by atoms with E-state index < -0.39 is 0 Å². The molecule has 0 spiro atoms. The molecule has 0 aromatic carbocycles. The van der Waals surface area contributed by atoms with E-state index in [1.54, 1.807) is 11.8 Å². The van der Waals surface area contributed by atoms with Crippen LogP contribution in [0.15, 0.2) is 0 Å². The number of rotatable bonds is 4. The molecule has 13 heavy (non-hydrogen) atoms. The van der Waals surface area contributed by atoms with Gasteiger partial charge in [-0.3, -0.25) is 10.1 Å². The lowest BCUT2D eigenvalue weighted by Crippen LogP contribution is -2.43. The van der Waals surface area contributed by atoms with Gasteiger partial charge in [-0.2, -0.15) is 0 Å². The number of thioether (sulfide) groups is 1. The Bertz CT molecular complexity index is 172. The Kier molecular flexibility index (Phi) is 4.55. The molecule has 2 unspecified atom stereocenters. The highest BCUT2D eigenvalue weighted by Gasteiger charge is 2.22. The summed E-state index contributed by atoms with van der Waals surface area (Å²) in [5, 5.41) is 14.6. The Labute approximate surface area is 82.5 Å². The molecular formula is C8H16N2O2S. The van der Waals surface area contributed by atoms with Crippen LogP contribution in [-0.4, -0.2) is 41.8 Å². The van der Waals surface area contributed by atoms with E-state index in [2.05, 4.69) is 10.6 Å². The zero-order chi connectivity index (χ0) is 9.68. The van der Waals surface area contributed by atoms with Crippen LogP contribution in [0.5, 0.6) is 0 Å². The summed E-state index contributed by atoms with van der Waals surface area (Å²) in [7, 11) is 0. The van der Waals surface area contributed by atoms with Crippen molar-refractivity contribution in [3.8, 4) is 0 Å². The van der Waals surface area contributed by atoms with Crippen molar-refractivity contribution in [1.82, 2.24) is 10.6 Å². The molecule has 1 aliphatic rings. The molecule has 1 heterocycles. The summed E-state index contributed by atoms with van der Waals surface area (Å²) >= 11 is 1.73. The standard InChI is InChI=1S/C8H16N2O2S/c1-6(3-11)2-9-8(12)7-4-13-5-10-7/h6-7,10-11H,2-5H2,1H3,(H,9,12). The molecule has 1 saturated heterocycles. The number of carbonyl (C=O) groups is 1. The molecule has 0 aromatic rings. The van der Waals surface area contributed by atoms with Crippen LogP contribution in [0.25, 0.3) is 0 Å². The summed E-state index contributed by atoms with van der Waals surface area (Å²) in [5.41, 5.74) is 0. The van der Waals surface area contributed by atoms with Crippen molar-refractivity contribution in [1.29, 1.82) is 0 Å². The highest BCUT2D eigenvalue weighted by molar-refractivity contribution is 7.99. The van der Waals surface area contributed by atoms with Crippen molar-refractivity contribution in [3.63, 3.8) is 0 Å². The first-order valence-electron chi connectivity index (χ1n) is 4.43. The number of amides is 1. The Morgan fingerprint density at radius 2 is 2.62 bits per heavy atom. The maximum absolute atomic E-state index is 11.4. The van der Waals surface area contributed by atoms with Crippen LogP contribution in [0.2, 0.25) is 0 Å². The molecule has 0 aliphatic carbocycles. The van der Waals surface area contributed by atoms with Gasteiger partial charge in [0.15, 0.2) is 0 Å². The SMILES string of the molecule is CC(CO)CNC(=O)C1CSCN1. The van der Waals surface area contributed by atoms with Gasteiger partial charge in [-0.05, 0) is 5.92 Å². The predicted octanol–water partition coefficient (Wildman–Crippen LogP) is -0.606. The Morgan fingerprint density at radius 3 is 3.15 bits per heavy atom. The molecule has 1 amide bonds. The zero-order valence-corrected chi connectivity index (χ0v) is 8.56. The highest BCUT2D eigenvalue weighted by Crippen LogP contribution is 2.09. The summed E-state index contributed by atoms with van der Waals surface area (Å²) in [6.45, 7) is 2.57. The van der Waals surface area contributed by atoms with Crippen molar-refractivity contribution in [2.24, 2.45) is 5.92 Å².